The van der Waals surface area contributed by atoms with Crippen LogP contribution in [-0.2, 0) is 17.4 Å². The highest BCUT2D eigenvalue weighted by Crippen LogP contribution is 2.33. The summed E-state index contributed by atoms with van der Waals surface area (Å²) < 4.78 is 32.9. The number of hydrogen-bond acceptors (Lipinski definition) is 4. The van der Waals surface area contributed by atoms with Gasteiger partial charge >= 0.3 is 0 Å². The van der Waals surface area contributed by atoms with Gasteiger partial charge in [-0.3, -0.25) is 9.10 Å². The molecule has 0 aliphatic carbocycles. The zero-order valence-electron chi connectivity index (χ0n) is 17.8. The quantitative estimate of drug-likeness (QED) is 0.398. The second-order valence-corrected chi connectivity index (χ2v) is 9.07. The molecule has 1 aliphatic heterocycles. The third kappa shape index (κ3) is 4.82. The number of carbonyl (C=O) groups excluding carboxylic acids is 1. The Kier molecular flexibility index (Phi) is 6.59. The van der Waals surface area contributed by atoms with Crippen LogP contribution in [0.5, 0.6) is 5.88 Å². The number of halogens is 2. The first-order valence-corrected chi connectivity index (χ1v) is 11.3. The highest BCUT2D eigenvalue weighted by Gasteiger charge is 2.32. The van der Waals surface area contributed by atoms with Crippen molar-refractivity contribution in [2.75, 3.05) is 18.5 Å². The maximum absolute atomic E-state index is 13.5. The first kappa shape index (κ1) is 22.7. The van der Waals surface area contributed by atoms with E-state index in [1.165, 1.54) is 28.6 Å². The van der Waals surface area contributed by atoms with Crippen LogP contribution in [0.2, 0.25) is 5.02 Å². The van der Waals surface area contributed by atoms with Gasteiger partial charge in [-0.25, -0.2) is 13.6 Å². The van der Waals surface area contributed by atoms with Gasteiger partial charge in [-0.05, 0) is 47.5 Å². The number of rotatable bonds is 3. The largest absolute Gasteiger partial charge is 0.481 e. The average Bonchev–Trinajstić information content (AvgIpc) is 2.83. The van der Waals surface area contributed by atoms with Gasteiger partial charge in [0.05, 0.1) is 17.8 Å². The fraction of sp³-hybridized carbons (Fsp3) is 0.120. The molecule has 166 valence electrons. The van der Waals surface area contributed by atoms with Crippen molar-refractivity contribution in [2.45, 2.75) is 6.42 Å². The van der Waals surface area contributed by atoms with Crippen LogP contribution in [0.1, 0.15) is 27.0 Å². The molecule has 0 N–H and O–H groups in total. The number of anilines is 1. The van der Waals surface area contributed by atoms with Crippen LogP contribution < -0.4 is 9.04 Å². The molecule has 1 aromatic heterocycles. The van der Waals surface area contributed by atoms with Crippen LogP contribution in [0.15, 0.2) is 59.6 Å². The Morgan fingerprint density at radius 2 is 2.03 bits per heavy atom. The number of ketones is 1. The van der Waals surface area contributed by atoms with E-state index in [0.717, 1.165) is 5.56 Å². The lowest BCUT2D eigenvalue weighted by molar-refractivity contribution is 0.104. The molecule has 2 heterocycles. The predicted molar refractivity (Wildman–Crippen MR) is 128 cm³/mol. The van der Waals surface area contributed by atoms with Crippen molar-refractivity contribution >= 4 is 40.1 Å². The number of benzene rings is 2. The van der Waals surface area contributed by atoms with Crippen molar-refractivity contribution in [1.29, 1.82) is 0 Å². The molecule has 5 nitrogen and oxygen atoms in total. The van der Waals surface area contributed by atoms with Gasteiger partial charge in [0.1, 0.15) is 10.7 Å². The van der Waals surface area contributed by atoms with Crippen molar-refractivity contribution in [2.24, 2.45) is 0 Å². The molecule has 0 radical (unpaired) electrons. The molecule has 1 atom stereocenters. The van der Waals surface area contributed by atoms with Gasteiger partial charge in [-0.15, -0.1) is 0 Å². The third-order valence-corrected chi connectivity index (χ3v) is 6.68. The molecule has 4 rings (SSSR count). The van der Waals surface area contributed by atoms with E-state index in [0.29, 0.717) is 34.7 Å². The Morgan fingerprint density at radius 1 is 1.21 bits per heavy atom. The van der Waals surface area contributed by atoms with Crippen LogP contribution in [-0.4, -0.2) is 29.1 Å². The first-order valence-electron chi connectivity index (χ1n) is 9.86. The molecule has 1 aliphatic rings. The Hall–Kier alpha value is -3.47. The second-order valence-electron chi connectivity index (χ2n) is 7.18. The lowest BCUT2D eigenvalue weighted by Gasteiger charge is -2.27. The molecule has 0 bridgehead atoms. The Morgan fingerprint density at radius 3 is 2.73 bits per heavy atom. The van der Waals surface area contributed by atoms with Crippen LogP contribution in [0, 0.1) is 17.7 Å². The fourth-order valence-corrected chi connectivity index (χ4v) is 4.60. The molecule has 0 saturated carbocycles. The van der Waals surface area contributed by atoms with E-state index in [2.05, 4.69) is 16.8 Å². The summed E-state index contributed by atoms with van der Waals surface area (Å²) in [6, 6.07) is 12.9. The minimum atomic E-state index is -1.71. The van der Waals surface area contributed by atoms with Crippen LogP contribution >= 0.6 is 11.6 Å². The van der Waals surface area contributed by atoms with Crippen molar-refractivity contribution in [1.82, 2.24) is 4.98 Å². The summed E-state index contributed by atoms with van der Waals surface area (Å²) >= 11 is 5.84. The summed E-state index contributed by atoms with van der Waals surface area (Å²) in [4.78, 5) is 17.4. The standard InChI is InChI=1S/C25H18ClFN2O3S/c1-29-22-10-7-16(4-3-5-17-8-11-24(32-2)28-15-17)12-19(22)25(30)23(33(29)31)14-18-6-9-21(27)20(26)13-18/h6-15H,5H2,1-2H3/b23-14-. The van der Waals surface area contributed by atoms with E-state index in [1.54, 1.807) is 44.6 Å². The molecule has 1 unspecified atom stereocenters. The summed E-state index contributed by atoms with van der Waals surface area (Å²) in [7, 11) is 1.49. The number of nitrogens with zero attached hydrogens (tertiary/aromatic N) is 2. The maximum Gasteiger partial charge on any atom is 0.212 e. The molecule has 3 aromatic rings. The van der Waals surface area contributed by atoms with Crippen LogP contribution in [0.4, 0.5) is 10.1 Å². The van der Waals surface area contributed by atoms with Gasteiger partial charge in [-0.1, -0.05) is 35.6 Å². The van der Waals surface area contributed by atoms with Crippen molar-refractivity contribution in [3.05, 3.63) is 92.7 Å². The molecular weight excluding hydrogens is 463 g/mol. The number of ether oxygens (including phenoxy) is 1. The average molecular weight is 481 g/mol. The van der Waals surface area contributed by atoms with E-state index in [-0.39, 0.29) is 15.7 Å². The van der Waals surface area contributed by atoms with E-state index >= 15 is 0 Å². The molecular formula is C25H18ClFN2O3S. The SMILES string of the molecule is COc1ccc(CC#Cc2ccc3c(c2)C(=O)/C(=C/c2ccc(F)c(Cl)c2)S(=O)N3C)cn1. The van der Waals surface area contributed by atoms with Gasteiger partial charge < -0.3 is 4.74 Å². The van der Waals surface area contributed by atoms with Gasteiger partial charge in [0.15, 0.2) is 11.0 Å². The summed E-state index contributed by atoms with van der Waals surface area (Å²) in [5.74, 6) is 5.74. The summed E-state index contributed by atoms with van der Waals surface area (Å²) in [6.45, 7) is 0. The molecule has 0 amide bonds. The highest BCUT2D eigenvalue weighted by molar-refractivity contribution is 7.91. The van der Waals surface area contributed by atoms with E-state index in [4.69, 9.17) is 16.3 Å². The smallest absolute Gasteiger partial charge is 0.212 e. The second kappa shape index (κ2) is 9.57. The number of aromatic nitrogens is 1. The van der Waals surface area contributed by atoms with Crippen molar-refractivity contribution in [3.8, 4) is 17.7 Å². The molecule has 0 fully saturated rings. The Labute approximate surface area is 198 Å². The highest BCUT2D eigenvalue weighted by atomic mass is 35.5. The number of Topliss-reactive ketones (excluding diaryl/α,β-unsaturated/α-hetero) is 1. The molecule has 2 aromatic carbocycles. The van der Waals surface area contributed by atoms with E-state index in [1.807, 2.05) is 6.07 Å². The zero-order valence-corrected chi connectivity index (χ0v) is 19.3. The van der Waals surface area contributed by atoms with Crippen LogP contribution in [0.25, 0.3) is 6.08 Å². The lowest BCUT2D eigenvalue weighted by atomic mass is 10.0. The summed E-state index contributed by atoms with van der Waals surface area (Å²) in [6.07, 6.45) is 3.66. The van der Waals surface area contributed by atoms with Crippen LogP contribution in [0.3, 0.4) is 0 Å². The number of allylic oxidation sites excluding steroid dienone is 1. The minimum absolute atomic E-state index is 0.0724. The number of pyridine rings is 1. The summed E-state index contributed by atoms with van der Waals surface area (Å²) in [5.41, 5.74) is 3.04. The monoisotopic (exact) mass is 480 g/mol. The minimum Gasteiger partial charge on any atom is -0.481 e. The first-order chi connectivity index (χ1) is 15.9. The number of fused-ring (bicyclic) bond motifs is 1. The van der Waals surface area contributed by atoms with Gasteiger partial charge in [0.25, 0.3) is 0 Å². The number of carbonyl (C=O) groups is 1. The van der Waals surface area contributed by atoms with Gasteiger partial charge in [-0.2, -0.15) is 0 Å². The zero-order chi connectivity index (χ0) is 23.5. The van der Waals surface area contributed by atoms with Crippen molar-refractivity contribution in [3.63, 3.8) is 0 Å². The third-order valence-electron chi connectivity index (χ3n) is 5.01. The predicted octanol–water partition coefficient (Wildman–Crippen LogP) is 4.81. The van der Waals surface area contributed by atoms with E-state index in [9.17, 15) is 13.4 Å². The van der Waals surface area contributed by atoms with E-state index < -0.39 is 16.8 Å². The van der Waals surface area contributed by atoms with Crippen molar-refractivity contribution < 1.29 is 18.1 Å². The summed E-state index contributed by atoms with van der Waals surface area (Å²) in [5, 5.41) is -0.0724. The van der Waals surface area contributed by atoms with Gasteiger partial charge in [0.2, 0.25) is 11.7 Å². The molecule has 33 heavy (non-hydrogen) atoms. The number of methoxy groups -OCH3 is 1. The topological polar surface area (TPSA) is 59.5 Å². The Bertz CT molecular complexity index is 1360. The molecule has 0 spiro atoms. The maximum atomic E-state index is 13.5. The lowest BCUT2D eigenvalue weighted by Crippen LogP contribution is -2.31. The van der Waals surface area contributed by atoms with Gasteiger partial charge in [0, 0.05) is 36.9 Å². The Balaban J connectivity index is 1.62. The molecule has 8 heteroatoms. The fourth-order valence-electron chi connectivity index (χ4n) is 3.27. The number of hydrogen-bond donors (Lipinski definition) is 0. The normalized spacial score (nSPS) is 16.2. The molecule has 0 saturated heterocycles.